The molecular weight excluding hydrogens is 264 g/mol. The van der Waals surface area contributed by atoms with Gasteiger partial charge < -0.3 is 16.0 Å². The van der Waals surface area contributed by atoms with Gasteiger partial charge in [0.15, 0.2) is 0 Å². The molecule has 0 bridgehead atoms. The minimum Gasteiger partial charge on any atom is -0.399 e. The fourth-order valence-electron chi connectivity index (χ4n) is 2.09. The standard InChI is InChI=1S/C16H28N4O/c1-5-8-20(10-9-19(3)4)12-16(21)18-15-11-14(17)7-6-13(15)2/h6-7,11H,5,8-10,12,17H2,1-4H3,(H,18,21). The fraction of sp³-hybridized carbons (Fsp3) is 0.562. The summed E-state index contributed by atoms with van der Waals surface area (Å²) in [6.45, 7) is 7.27. The van der Waals surface area contributed by atoms with E-state index in [9.17, 15) is 4.79 Å². The number of aryl methyl sites for hydroxylation is 1. The summed E-state index contributed by atoms with van der Waals surface area (Å²) in [6.07, 6.45) is 1.04. The van der Waals surface area contributed by atoms with Crippen molar-refractivity contribution < 1.29 is 4.79 Å². The van der Waals surface area contributed by atoms with Crippen LogP contribution in [0.3, 0.4) is 0 Å². The number of nitrogen functional groups attached to an aromatic ring is 1. The lowest BCUT2D eigenvalue weighted by Gasteiger charge is -2.23. The average molecular weight is 292 g/mol. The molecule has 1 amide bonds. The van der Waals surface area contributed by atoms with Gasteiger partial charge in [0.25, 0.3) is 0 Å². The van der Waals surface area contributed by atoms with Crippen molar-refractivity contribution in [3.63, 3.8) is 0 Å². The Morgan fingerprint density at radius 2 is 1.95 bits per heavy atom. The molecule has 0 fully saturated rings. The molecule has 1 aromatic rings. The maximum atomic E-state index is 12.2. The molecule has 0 heterocycles. The molecule has 0 atom stereocenters. The van der Waals surface area contributed by atoms with Crippen LogP contribution in [0.25, 0.3) is 0 Å². The molecule has 0 saturated carbocycles. The lowest BCUT2D eigenvalue weighted by atomic mass is 10.2. The number of benzene rings is 1. The minimum absolute atomic E-state index is 0.0101. The fourth-order valence-corrected chi connectivity index (χ4v) is 2.09. The van der Waals surface area contributed by atoms with Crippen molar-refractivity contribution in [2.24, 2.45) is 0 Å². The molecule has 0 unspecified atom stereocenters. The average Bonchev–Trinajstić information content (AvgIpc) is 2.40. The maximum Gasteiger partial charge on any atom is 0.238 e. The normalized spacial score (nSPS) is 11.1. The first-order chi connectivity index (χ1) is 9.92. The quantitative estimate of drug-likeness (QED) is 0.717. The number of amides is 1. The molecule has 1 aromatic carbocycles. The van der Waals surface area contributed by atoms with Crippen molar-refractivity contribution in [3.8, 4) is 0 Å². The zero-order valence-electron chi connectivity index (χ0n) is 13.6. The maximum absolute atomic E-state index is 12.2. The van der Waals surface area contributed by atoms with Gasteiger partial charge in [-0.3, -0.25) is 9.69 Å². The predicted molar refractivity (Wildman–Crippen MR) is 89.5 cm³/mol. The summed E-state index contributed by atoms with van der Waals surface area (Å²) in [4.78, 5) is 16.5. The van der Waals surface area contributed by atoms with Gasteiger partial charge in [-0.05, 0) is 51.7 Å². The summed E-state index contributed by atoms with van der Waals surface area (Å²) >= 11 is 0. The second-order valence-electron chi connectivity index (χ2n) is 5.70. The van der Waals surface area contributed by atoms with Crippen molar-refractivity contribution in [3.05, 3.63) is 23.8 Å². The number of hydrogen-bond donors (Lipinski definition) is 2. The van der Waals surface area contributed by atoms with Gasteiger partial charge in [-0.15, -0.1) is 0 Å². The van der Waals surface area contributed by atoms with Crippen LogP contribution in [-0.4, -0.2) is 56.0 Å². The zero-order valence-corrected chi connectivity index (χ0v) is 13.6. The number of rotatable bonds is 8. The summed E-state index contributed by atoms with van der Waals surface area (Å²) in [5.41, 5.74) is 8.24. The number of nitrogens with zero attached hydrogens (tertiary/aromatic N) is 2. The Morgan fingerprint density at radius 1 is 1.24 bits per heavy atom. The van der Waals surface area contributed by atoms with E-state index < -0.39 is 0 Å². The van der Waals surface area contributed by atoms with E-state index in [1.165, 1.54) is 0 Å². The van der Waals surface area contributed by atoms with Crippen molar-refractivity contribution in [2.75, 3.05) is 51.3 Å². The highest BCUT2D eigenvalue weighted by molar-refractivity contribution is 5.93. The van der Waals surface area contributed by atoms with E-state index in [0.717, 1.165) is 37.3 Å². The molecule has 0 spiro atoms. The third-order valence-corrected chi connectivity index (χ3v) is 3.31. The summed E-state index contributed by atoms with van der Waals surface area (Å²) in [7, 11) is 4.08. The molecule has 0 saturated heterocycles. The van der Waals surface area contributed by atoms with E-state index >= 15 is 0 Å². The number of hydrogen-bond acceptors (Lipinski definition) is 4. The van der Waals surface area contributed by atoms with Gasteiger partial charge in [-0.1, -0.05) is 13.0 Å². The van der Waals surface area contributed by atoms with Crippen LogP contribution in [0.15, 0.2) is 18.2 Å². The van der Waals surface area contributed by atoms with Gasteiger partial charge >= 0.3 is 0 Å². The largest absolute Gasteiger partial charge is 0.399 e. The van der Waals surface area contributed by atoms with E-state index in [1.54, 1.807) is 6.07 Å². The van der Waals surface area contributed by atoms with Gasteiger partial charge in [0, 0.05) is 24.5 Å². The molecule has 0 aromatic heterocycles. The molecule has 0 aliphatic rings. The van der Waals surface area contributed by atoms with Gasteiger partial charge in [-0.25, -0.2) is 0 Å². The summed E-state index contributed by atoms with van der Waals surface area (Å²) in [5.74, 6) is 0.0101. The van der Waals surface area contributed by atoms with E-state index in [0.29, 0.717) is 12.2 Å². The molecular formula is C16H28N4O. The van der Waals surface area contributed by atoms with Crippen LogP contribution in [0.2, 0.25) is 0 Å². The second kappa shape index (κ2) is 8.64. The molecule has 1 rings (SSSR count). The predicted octanol–water partition coefficient (Wildman–Crippen LogP) is 1.79. The van der Waals surface area contributed by atoms with Crippen LogP contribution in [-0.2, 0) is 4.79 Å². The monoisotopic (exact) mass is 292 g/mol. The lowest BCUT2D eigenvalue weighted by Crippen LogP contribution is -2.38. The molecule has 3 N–H and O–H groups in total. The summed E-state index contributed by atoms with van der Waals surface area (Å²) in [5, 5.41) is 2.95. The Morgan fingerprint density at radius 3 is 2.57 bits per heavy atom. The van der Waals surface area contributed by atoms with Crippen molar-refractivity contribution >= 4 is 17.3 Å². The van der Waals surface area contributed by atoms with Crippen LogP contribution in [0, 0.1) is 6.92 Å². The third-order valence-electron chi connectivity index (χ3n) is 3.31. The van der Waals surface area contributed by atoms with Gasteiger partial charge in [0.2, 0.25) is 5.91 Å². The molecule has 0 aliphatic carbocycles. The number of nitrogens with one attached hydrogen (secondary N) is 1. The SMILES string of the molecule is CCCN(CCN(C)C)CC(=O)Nc1cc(N)ccc1C. The molecule has 0 radical (unpaired) electrons. The summed E-state index contributed by atoms with van der Waals surface area (Å²) in [6, 6.07) is 5.56. The Bertz CT molecular complexity index is 460. The van der Waals surface area contributed by atoms with Gasteiger partial charge in [0.05, 0.1) is 6.54 Å². The zero-order chi connectivity index (χ0) is 15.8. The van der Waals surface area contributed by atoms with Crippen LogP contribution in [0.4, 0.5) is 11.4 Å². The first kappa shape index (κ1) is 17.5. The Hall–Kier alpha value is -1.59. The molecule has 21 heavy (non-hydrogen) atoms. The van der Waals surface area contributed by atoms with E-state index in [-0.39, 0.29) is 5.91 Å². The number of carbonyl (C=O) groups excluding carboxylic acids is 1. The number of carbonyl (C=O) groups is 1. The highest BCUT2D eigenvalue weighted by Crippen LogP contribution is 2.17. The number of likely N-dealkylation sites (N-methyl/N-ethyl adjacent to an activating group) is 1. The third kappa shape index (κ3) is 6.60. The van der Waals surface area contributed by atoms with Crippen LogP contribution >= 0.6 is 0 Å². The first-order valence-electron chi connectivity index (χ1n) is 7.45. The van der Waals surface area contributed by atoms with Gasteiger partial charge in [0.1, 0.15) is 0 Å². The smallest absolute Gasteiger partial charge is 0.238 e. The Kier molecular flexibility index (Phi) is 7.19. The highest BCUT2D eigenvalue weighted by Gasteiger charge is 2.11. The number of anilines is 2. The van der Waals surface area contributed by atoms with Crippen molar-refractivity contribution in [2.45, 2.75) is 20.3 Å². The molecule has 118 valence electrons. The van der Waals surface area contributed by atoms with E-state index in [4.69, 9.17) is 5.73 Å². The topological polar surface area (TPSA) is 61.6 Å². The van der Waals surface area contributed by atoms with Crippen molar-refractivity contribution in [1.82, 2.24) is 9.80 Å². The van der Waals surface area contributed by atoms with Crippen LogP contribution in [0.5, 0.6) is 0 Å². The Labute approximate surface area is 128 Å². The number of nitrogens with two attached hydrogens (primary N) is 1. The molecule has 0 aliphatic heterocycles. The van der Waals surface area contributed by atoms with Crippen molar-refractivity contribution in [1.29, 1.82) is 0 Å². The Balaban J connectivity index is 2.58. The molecule has 5 nitrogen and oxygen atoms in total. The van der Waals surface area contributed by atoms with Crippen LogP contribution < -0.4 is 11.1 Å². The lowest BCUT2D eigenvalue weighted by molar-refractivity contribution is -0.117. The van der Waals surface area contributed by atoms with E-state index in [2.05, 4.69) is 22.0 Å². The molecule has 5 heteroatoms. The first-order valence-corrected chi connectivity index (χ1v) is 7.45. The minimum atomic E-state index is 0.0101. The van der Waals surface area contributed by atoms with E-state index in [1.807, 2.05) is 33.2 Å². The van der Waals surface area contributed by atoms with Crippen LogP contribution in [0.1, 0.15) is 18.9 Å². The highest BCUT2D eigenvalue weighted by atomic mass is 16.2. The van der Waals surface area contributed by atoms with Gasteiger partial charge in [-0.2, -0.15) is 0 Å². The second-order valence-corrected chi connectivity index (χ2v) is 5.70. The summed E-state index contributed by atoms with van der Waals surface area (Å²) < 4.78 is 0.